The highest BCUT2D eigenvalue weighted by Gasteiger charge is 2.35. The van der Waals surface area contributed by atoms with E-state index in [9.17, 15) is 0 Å². The van der Waals surface area contributed by atoms with Crippen molar-refractivity contribution in [2.75, 3.05) is 7.11 Å². The summed E-state index contributed by atoms with van der Waals surface area (Å²) in [5, 5.41) is 3.18. The summed E-state index contributed by atoms with van der Waals surface area (Å²) in [7, 11) is 1.81. The van der Waals surface area contributed by atoms with Gasteiger partial charge < -0.3 is 10.5 Å². The number of hydrogen-bond donors (Lipinski definition) is 1. The maximum absolute atomic E-state index is 5.81. The van der Waals surface area contributed by atoms with Gasteiger partial charge >= 0.3 is 0 Å². The molecular weight excluding hydrogens is 220 g/mol. The van der Waals surface area contributed by atoms with E-state index in [4.69, 9.17) is 10.5 Å². The number of nitrogens with two attached hydrogens (primary N) is 1. The standard InChI is InChI=1S/C12H20N2OS/c1-15-12(6-4-2-3-5-7-12)11-14-10(8-13)9-16-11/h9H,2-8,13H2,1H3. The zero-order valence-corrected chi connectivity index (χ0v) is 10.7. The zero-order valence-electron chi connectivity index (χ0n) is 9.87. The normalized spacial score (nSPS) is 20.6. The highest BCUT2D eigenvalue weighted by molar-refractivity contribution is 7.09. The summed E-state index contributed by atoms with van der Waals surface area (Å²) in [6, 6.07) is 0. The van der Waals surface area contributed by atoms with Crippen LogP contribution in [-0.2, 0) is 16.9 Å². The van der Waals surface area contributed by atoms with Crippen LogP contribution in [0.3, 0.4) is 0 Å². The summed E-state index contributed by atoms with van der Waals surface area (Å²) in [5.41, 5.74) is 6.47. The van der Waals surface area contributed by atoms with E-state index in [0.717, 1.165) is 23.5 Å². The van der Waals surface area contributed by atoms with Gasteiger partial charge in [-0.2, -0.15) is 0 Å². The fourth-order valence-corrected chi connectivity index (χ4v) is 3.48. The Labute approximate surface area is 101 Å². The quantitative estimate of drug-likeness (QED) is 0.826. The number of rotatable bonds is 3. The van der Waals surface area contributed by atoms with E-state index in [1.807, 2.05) is 7.11 Å². The summed E-state index contributed by atoms with van der Waals surface area (Å²) >= 11 is 1.70. The maximum atomic E-state index is 5.81. The van der Waals surface area contributed by atoms with Gasteiger partial charge in [-0.3, -0.25) is 0 Å². The summed E-state index contributed by atoms with van der Waals surface area (Å²) in [5.74, 6) is 0. The van der Waals surface area contributed by atoms with Gasteiger partial charge in [-0.15, -0.1) is 11.3 Å². The molecule has 1 aromatic rings. The molecule has 0 bridgehead atoms. The predicted molar refractivity (Wildman–Crippen MR) is 66.4 cm³/mol. The molecule has 0 aromatic carbocycles. The molecule has 2 rings (SSSR count). The molecule has 1 aliphatic carbocycles. The molecular formula is C12H20N2OS. The number of nitrogens with zero attached hydrogens (tertiary/aromatic N) is 1. The van der Waals surface area contributed by atoms with E-state index in [-0.39, 0.29) is 5.60 Å². The smallest absolute Gasteiger partial charge is 0.125 e. The number of hydrogen-bond acceptors (Lipinski definition) is 4. The Bertz CT molecular complexity index is 330. The van der Waals surface area contributed by atoms with Crippen LogP contribution in [-0.4, -0.2) is 12.1 Å². The van der Waals surface area contributed by atoms with Crippen molar-refractivity contribution in [3.8, 4) is 0 Å². The molecule has 0 spiro atoms. The van der Waals surface area contributed by atoms with Gasteiger partial charge in [0.1, 0.15) is 10.6 Å². The average Bonchev–Trinajstić information content (AvgIpc) is 2.68. The van der Waals surface area contributed by atoms with Gasteiger partial charge in [0.15, 0.2) is 0 Å². The van der Waals surface area contributed by atoms with Crippen molar-refractivity contribution in [1.29, 1.82) is 0 Å². The van der Waals surface area contributed by atoms with Crippen LogP contribution in [0.1, 0.15) is 49.2 Å². The van der Waals surface area contributed by atoms with Crippen molar-refractivity contribution in [2.24, 2.45) is 5.73 Å². The molecule has 1 heterocycles. The molecule has 4 heteroatoms. The van der Waals surface area contributed by atoms with Gasteiger partial charge in [0.25, 0.3) is 0 Å². The van der Waals surface area contributed by atoms with E-state index < -0.39 is 0 Å². The van der Waals surface area contributed by atoms with Gasteiger partial charge in [0.05, 0.1) is 5.69 Å². The fourth-order valence-electron chi connectivity index (χ4n) is 2.41. The van der Waals surface area contributed by atoms with Gasteiger partial charge in [-0.25, -0.2) is 4.98 Å². The fraction of sp³-hybridized carbons (Fsp3) is 0.750. The van der Waals surface area contributed by atoms with Crippen molar-refractivity contribution in [3.05, 3.63) is 16.1 Å². The average molecular weight is 240 g/mol. The Balaban J connectivity index is 2.24. The first-order valence-corrected chi connectivity index (χ1v) is 6.89. The molecule has 90 valence electrons. The van der Waals surface area contributed by atoms with Crippen molar-refractivity contribution >= 4 is 11.3 Å². The second kappa shape index (κ2) is 5.25. The summed E-state index contributed by atoms with van der Waals surface area (Å²) in [6.07, 6.45) is 7.32. The van der Waals surface area contributed by atoms with Crippen molar-refractivity contribution < 1.29 is 4.74 Å². The molecule has 0 unspecified atom stereocenters. The second-order valence-electron chi connectivity index (χ2n) is 4.46. The van der Waals surface area contributed by atoms with Crippen LogP contribution in [0.25, 0.3) is 0 Å². The van der Waals surface area contributed by atoms with Gasteiger partial charge in [0.2, 0.25) is 0 Å². The van der Waals surface area contributed by atoms with Crippen LogP contribution in [0.4, 0.5) is 0 Å². The highest BCUT2D eigenvalue weighted by Crippen LogP contribution is 2.40. The van der Waals surface area contributed by atoms with Crippen LogP contribution < -0.4 is 5.73 Å². The third-order valence-corrected chi connectivity index (χ3v) is 4.53. The van der Waals surface area contributed by atoms with Gasteiger partial charge in [-0.05, 0) is 12.8 Å². The van der Waals surface area contributed by atoms with Crippen LogP contribution >= 0.6 is 11.3 Å². The lowest BCUT2D eigenvalue weighted by Gasteiger charge is -2.29. The minimum atomic E-state index is -0.130. The zero-order chi connectivity index (χ0) is 11.4. The molecule has 0 atom stereocenters. The molecule has 1 aliphatic rings. The maximum Gasteiger partial charge on any atom is 0.125 e. The number of aromatic nitrogens is 1. The molecule has 1 saturated carbocycles. The Kier molecular flexibility index (Phi) is 3.95. The summed E-state index contributed by atoms with van der Waals surface area (Å²) in [6.45, 7) is 0.524. The molecule has 0 aliphatic heterocycles. The third-order valence-electron chi connectivity index (χ3n) is 3.45. The SMILES string of the molecule is COC1(c2nc(CN)cs2)CCCCCC1. The first kappa shape index (κ1) is 12.0. The third kappa shape index (κ3) is 2.29. The van der Waals surface area contributed by atoms with E-state index in [0.29, 0.717) is 6.54 Å². The number of thiazole rings is 1. The lowest BCUT2D eigenvalue weighted by atomic mass is 9.95. The van der Waals surface area contributed by atoms with Crippen molar-refractivity contribution in [3.63, 3.8) is 0 Å². The highest BCUT2D eigenvalue weighted by atomic mass is 32.1. The molecule has 16 heavy (non-hydrogen) atoms. The molecule has 0 amide bonds. The first-order valence-electron chi connectivity index (χ1n) is 6.01. The van der Waals surface area contributed by atoms with Gasteiger partial charge in [-0.1, -0.05) is 25.7 Å². The lowest BCUT2D eigenvalue weighted by molar-refractivity contribution is -0.0280. The molecule has 0 saturated heterocycles. The van der Waals surface area contributed by atoms with E-state index >= 15 is 0 Å². The van der Waals surface area contributed by atoms with Crippen LogP contribution in [0.15, 0.2) is 5.38 Å². The summed E-state index contributed by atoms with van der Waals surface area (Å²) < 4.78 is 5.81. The minimum absolute atomic E-state index is 0.130. The van der Waals surface area contributed by atoms with Crippen LogP contribution in [0.5, 0.6) is 0 Å². The number of methoxy groups -OCH3 is 1. The van der Waals surface area contributed by atoms with Gasteiger partial charge in [0, 0.05) is 19.0 Å². The second-order valence-corrected chi connectivity index (χ2v) is 5.32. The molecule has 1 aromatic heterocycles. The van der Waals surface area contributed by atoms with Crippen molar-refractivity contribution in [1.82, 2.24) is 4.98 Å². The van der Waals surface area contributed by atoms with Crippen molar-refractivity contribution in [2.45, 2.75) is 50.7 Å². The predicted octanol–water partition coefficient (Wildman–Crippen LogP) is 2.80. The Morgan fingerprint density at radius 1 is 1.38 bits per heavy atom. The molecule has 3 nitrogen and oxygen atoms in total. The topological polar surface area (TPSA) is 48.1 Å². The van der Waals surface area contributed by atoms with E-state index in [2.05, 4.69) is 10.4 Å². The Hall–Kier alpha value is -0.450. The van der Waals surface area contributed by atoms with E-state index in [1.165, 1.54) is 25.7 Å². The van der Waals surface area contributed by atoms with Crippen LogP contribution in [0.2, 0.25) is 0 Å². The molecule has 2 N–H and O–H groups in total. The molecule has 0 radical (unpaired) electrons. The lowest BCUT2D eigenvalue weighted by Crippen LogP contribution is -2.27. The first-order chi connectivity index (χ1) is 7.80. The minimum Gasteiger partial charge on any atom is -0.371 e. The summed E-state index contributed by atoms with van der Waals surface area (Å²) in [4.78, 5) is 4.61. The Morgan fingerprint density at radius 2 is 2.06 bits per heavy atom. The number of ether oxygens (including phenoxy) is 1. The monoisotopic (exact) mass is 240 g/mol. The largest absolute Gasteiger partial charge is 0.371 e. The molecule has 1 fully saturated rings. The Morgan fingerprint density at radius 3 is 2.56 bits per heavy atom. The van der Waals surface area contributed by atoms with Crippen LogP contribution in [0, 0.1) is 0 Å². The van der Waals surface area contributed by atoms with E-state index in [1.54, 1.807) is 11.3 Å².